The van der Waals surface area contributed by atoms with E-state index in [1.165, 1.54) is 24.7 Å². The fourth-order valence-corrected chi connectivity index (χ4v) is 3.71. The second kappa shape index (κ2) is 8.12. The highest BCUT2D eigenvalue weighted by molar-refractivity contribution is 7.90. The summed E-state index contributed by atoms with van der Waals surface area (Å²) >= 11 is 0. The molecule has 0 fully saturated rings. The Bertz CT molecular complexity index is 1250. The molecule has 1 aromatic heterocycles. The number of nitrogens with zero attached hydrogens (tertiary/aromatic N) is 1. The minimum atomic E-state index is -3.29. The second-order valence-corrected chi connectivity index (χ2v) is 8.74. The summed E-state index contributed by atoms with van der Waals surface area (Å²) in [6.45, 7) is 0.176. The number of hydrogen-bond acceptors (Lipinski definition) is 5. The fraction of sp³-hybridized carbons (Fsp3) is 0.0870. The number of halogens is 1. The number of oxazole rings is 1. The third-order valence-corrected chi connectivity index (χ3v) is 5.71. The standard InChI is InChI=1S/C23H18FNO4S/c1-30(26,27)20-9-4-17(5-10-20)22-14-19(29-15-23-25-12-13-28-23)8-11-21(22)16-2-6-18(24)7-3-16/h2-14H,15H2,1H3. The van der Waals surface area contributed by atoms with Crippen LogP contribution in [0.1, 0.15) is 5.89 Å². The maximum atomic E-state index is 13.4. The second-order valence-electron chi connectivity index (χ2n) is 6.73. The monoisotopic (exact) mass is 423 g/mol. The van der Waals surface area contributed by atoms with Crippen molar-refractivity contribution in [2.75, 3.05) is 6.26 Å². The van der Waals surface area contributed by atoms with Gasteiger partial charge in [-0.25, -0.2) is 17.8 Å². The van der Waals surface area contributed by atoms with Gasteiger partial charge in [0.15, 0.2) is 16.4 Å². The summed E-state index contributed by atoms with van der Waals surface area (Å²) in [6, 6.07) is 18.4. The molecule has 0 unspecified atom stereocenters. The first kappa shape index (κ1) is 19.8. The molecule has 0 atom stereocenters. The van der Waals surface area contributed by atoms with Gasteiger partial charge in [-0.1, -0.05) is 30.3 Å². The first-order valence-electron chi connectivity index (χ1n) is 9.12. The van der Waals surface area contributed by atoms with Crippen LogP contribution in [0.5, 0.6) is 5.75 Å². The number of hydrogen-bond donors (Lipinski definition) is 0. The lowest BCUT2D eigenvalue weighted by atomic mass is 9.94. The number of ether oxygens (including phenoxy) is 1. The van der Waals surface area contributed by atoms with Gasteiger partial charge in [0.05, 0.1) is 11.1 Å². The van der Waals surface area contributed by atoms with Gasteiger partial charge in [-0.2, -0.15) is 0 Å². The normalized spacial score (nSPS) is 11.4. The van der Waals surface area contributed by atoms with Crippen LogP contribution < -0.4 is 4.74 Å². The Morgan fingerprint density at radius 1 is 0.933 bits per heavy atom. The van der Waals surface area contributed by atoms with Crippen LogP contribution in [-0.2, 0) is 16.4 Å². The van der Waals surface area contributed by atoms with Gasteiger partial charge in [-0.15, -0.1) is 0 Å². The van der Waals surface area contributed by atoms with E-state index >= 15 is 0 Å². The number of rotatable bonds is 6. The van der Waals surface area contributed by atoms with Crippen LogP contribution in [0.3, 0.4) is 0 Å². The van der Waals surface area contributed by atoms with Crippen molar-refractivity contribution in [3.05, 3.63) is 90.9 Å². The topological polar surface area (TPSA) is 69.4 Å². The zero-order valence-corrected chi connectivity index (χ0v) is 16.9. The molecule has 4 rings (SSSR count). The van der Waals surface area contributed by atoms with Crippen LogP contribution >= 0.6 is 0 Å². The van der Waals surface area contributed by atoms with Gasteiger partial charge in [0, 0.05) is 6.26 Å². The van der Waals surface area contributed by atoms with Gasteiger partial charge in [0.1, 0.15) is 17.8 Å². The smallest absolute Gasteiger partial charge is 0.232 e. The third kappa shape index (κ3) is 4.41. The van der Waals surface area contributed by atoms with Crippen LogP contribution in [0.2, 0.25) is 0 Å². The average Bonchev–Trinajstić information content (AvgIpc) is 3.26. The summed E-state index contributed by atoms with van der Waals surface area (Å²) in [5, 5.41) is 0. The maximum absolute atomic E-state index is 13.4. The summed E-state index contributed by atoms with van der Waals surface area (Å²) in [4.78, 5) is 4.28. The summed E-state index contributed by atoms with van der Waals surface area (Å²) in [7, 11) is -3.29. The summed E-state index contributed by atoms with van der Waals surface area (Å²) in [5.41, 5.74) is 3.33. The Balaban J connectivity index is 1.75. The Morgan fingerprint density at radius 3 is 2.23 bits per heavy atom. The molecule has 0 aliphatic heterocycles. The Labute approximate surface area is 173 Å². The molecule has 0 saturated carbocycles. The minimum Gasteiger partial charge on any atom is -0.484 e. The molecular formula is C23H18FNO4S. The van der Waals surface area contributed by atoms with Gasteiger partial charge in [-0.3, -0.25) is 0 Å². The minimum absolute atomic E-state index is 0.176. The lowest BCUT2D eigenvalue weighted by Crippen LogP contribution is -1.97. The summed E-state index contributed by atoms with van der Waals surface area (Å²) < 4.78 is 47.9. The molecule has 4 aromatic rings. The largest absolute Gasteiger partial charge is 0.484 e. The van der Waals surface area contributed by atoms with E-state index in [2.05, 4.69) is 4.98 Å². The van der Waals surface area contributed by atoms with Gasteiger partial charge in [0.2, 0.25) is 5.89 Å². The van der Waals surface area contributed by atoms with Crippen molar-refractivity contribution in [1.82, 2.24) is 4.98 Å². The Kier molecular flexibility index (Phi) is 5.37. The predicted molar refractivity (Wildman–Crippen MR) is 111 cm³/mol. The molecule has 5 nitrogen and oxygen atoms in total. The Morgan fingerprint density at radius 2 is 1.60 bits per heavy atom. The van der Waals surface area contributed by atoms with E-state index in [1.807, 2.05) is 18.2 Å². The van der Waals surface area contributed by atoms with E-state index in [9.17, 15) is 12.8 Å². The molecule has 30 heavy (non-hydrogen) atoms. The van der Waals surface area contributed by atoms with Gasteiger partial charge >= 0.3 is 0 Å². The molecule has 0 aliphatic rings. The van der Waals surface area contributed by atoms with Crippen LogP contribution in [0.25, 0.3) is 22.3 Å². The number of benzene rings is 3. The number of sulfone groups is 1. The zero-order chi connectivity index (χ0) is 21.1. The first-order chi connectivity index (χ1) is 14.4. The van der Waals surface area contributed by atoms with Crippen molar-refractivity contribution in [2.45, 2.75) is 11.5 Å². The van der Waals surface area contributed by atoms with Crippen molar-refractivity contribution >= 4 is 9.84 Å². The highest BCUT2D eigenvalue weighted by Gasteiger charge is 2.12. The SMILES string of the molecule is CS(=O)(=O)c1ccc(-c2cc(OCc3ncco3)ccc2-c2ccc(F)cc2)cc1. The van der Waals surface area contributed by atoms with Crippen molar-refractivity contribution in [3.8, 4) is 28.0 Å². The molecule has 0 amide bonds. The van der Waals surface area contributed by atoms with Crippen molar-refractivity contribution in [3.63, 3.8) is 0 Å². The molecule has 0 N–H and O–H groups in total. The van der Waals surface area contributed by atoms with Crippen LogP contribution in [-0.4, -0.2) is 19.7 Å². The van der Waals surface area contributed by atoms with Crippen molar-refractivity contribution < 1.29 is 22.0 Å². The van der Waals surface area contributed by atoms with Crippen LogP contribution in [0.15, 0.2) is 88.5 Å². The summed E-state index contributed by atoms with van der Waals surface area (Å²) in [5.74, 6) is 0.738. The molecule has 152 valence electrons. The highest BCUT2D eigenvalue weighted by Crippen LogP contribution is 2.35. The van der Waals surface area contributed by atoms with Crippen LogP contribution in [0, 0.1) is 5.82 Å². The molecule has 0 aliphatic carbocycles. The van der Waals surface area contributed by atoms with E-state index in [0.29, 0.717) is 11.6 Å². The average molecular weight is 423 g/mol. The lowest BCUT2D eigenvalue weighted by Gasteiger charge is -2.14. The van der Waals surface area contributed by atoms with E-state index in [1.54, 1.807) is 42.6 Å². The molecule has 0 spiro atoms. The molecule has 7 heteroatoms. The first-order valence-corrected chi connectivity index (χ1v) is 11.0. The predicted octanol–water partition coefficient (Wildman–Crippen LogP) is 5.13. The fourth-order valence-electron chi connectivity index (χ4n) is 3.08. The molecule has 1 heterocycles. The molecule has 0 bridgehead atoms. The summed E-state index contributed by atoms with van der Waals surface area (Å²) in [6.07, 6.45) is 4.19. The number of aromatic nitrogens is 1. The van der Waals surface area contributed by atoms with Gasteiger partial charge < -0.3 is 9.15 Å². The zero-order valence-electron chi connectivity index (χ0n) is 16.1. The third-order valence-electron chi connectivity index (χ3n) is 4.59. The van der Waals surface area contributed by atoms with E-state index in [4.69, 9.17) is 9.15 Å². The molecular weight excluding hydrogens is 405 g/mol. The highest BCUT2D eigenvalue weighted by atomic mass is 32.2. The quantitative estimate of drug-likeness (QED) is 0.430. The molecule has 0 radical (unpaired) electrons. The van der Waals surface area contributed by atoms with Crippen LogP contribution in [0.4, 0.5) is 4.39 Å². The van der Waals surface area contributed by atoms with E-state index in [0.717, 1.165) is 22.3 Å². The van der Waals surface area contributed by atoms with E-state index < -0.39 is 9.84 Å². The van der Waals surface area contributed by atoms with E-state index in [-0.39, 0.29) is 17.3 Å². The van der Waals surface area contributed by atoms with Gasteiger partial charge in [-0.05, 0) is 58.7 Å². The molecule has 3 aromatic carbocycles. The van der Waals surface area contributed by atoms with Crippen molar-refractivity contribution in [2.24, 2.45) is 0 Å². The van der Waals surface area contributed by atoms with Crippen molar-refractivity contribution in [1.29, 1.82) is 0 Å². The lowest BCUT2D eigenvalue weighted by molar-refractivity contribution is 0.263. The van der Waals surface area contributed by atoms with Gasteiger partial charge in [0.25, 0.3) is 0 Å². The maximum Gasteiger partial charge on any atom is 0.232 e. The molecule has 0 saturated heterocycles. The Hall–Kier alpha value is -3.45.